The Balaban J connectivity index is 1.82. The van der Waals surface area contributed by atoms with Crippen LogP contribution in [-0.4, -0.2) is 35.1 Å². The highest BCUT2D eigenvalue weighted by Gasteiger charge is 2.51. The molecule has 1 N–H and O–H groups in total. The zero-order valence-corrected chi connectivity index (χ0v) is 15.3. The van der Waals surface area contributed by atoms with E-state index in [2.05, 4.69) is 31.4 Å². The number of hydrogen-bond donors (Lipinski definition) is 1. The topological polar surface area (TPSA) is 68.3 Å². The van der Waals surface area contributed by atoms with Crippen LogP contribution in [0.4, 0.5) is 0 Å². The van der Waals surface area contributed by atoms with Crippen molar-refractivity contribution in [2.24, 2.45) is 0 Å². The van der Waals surface area contributed by atoms with Gasteiger partial charge in [0.15, 0.2) is 0 Å². The molecule has 0 saturated carbocycles. The van der Waals surface area contributed by atoms with Gasteiger partial charge in [-0.1, -0.05) is 12.2 Å². The first kappa shape index (κ1) is 18.4. The quantitative estimate of drug-likeness (QED) is 0.254. The Bertz CT molecular complexity index is 632. The lowest BCUT2D eigenvalue weighted by molar-refractivity contribution is -0.270. The van der Waals surface area contributed by atoms with Crippen molar-refractivity contribution >= 4 is 5.97 Å². The molecule has 0 spiro atoms. The monoisotopic (exact) mass is 348 g/mol. The van der Waals surface area contributed by atoms with Crippen LogP contribution >= 0.6 is 0 Å². The Morgan fingerprint density at radius 3 is 2.76 bits per heavy atom. The van der Waals surface area contributed by atoms with E-state index in [-0.39, 0.29) is 23.8 Å². The highest BCUT2D eigenvalue weighted by Crippen LogP contribution is 2.44. The molecule has 0 aromatic carbocycles. The maximum atomic E-state index is 12.0. The number of epoxide rings is 1. The summed E-state index contributed by atoms with van der Waals surface area (Å²) in [7, 11) is 0. The number of ether oxygens (including phenoxy) is 2. The molecular formula is C20H28O5. The van der Waals surface area contributed by atoms with Crippen molar-refractivity contribution in [2.75, 3.05) is 0 Å². The molecule has 2 heterocycles. The summed E-state index contributed by atoms with van der Waals surface area (Å²) in [6.07, 6.45) is 6.30. The third-order valence-corrected chi connectivity index (χ3v) is 5.84. The van der Waals surface area contributed by atoms with Crippen LogP contribution in [0.3, 0.4) is 0 Å². The van der Waals surface area contributed by atoms with Gasteiger partial charge in [-0.25, -0.2) is 9.68 Å². The van der Waals surface area contributed by atoms with Gasteiger partial charge in [-0.2, -0.15) is 0 Å². The minimum absolute atomic E-state index is 0.136. The van der Waals surface area contributed by atoms with Gasteiger partial charge in [-0.3, -0.25) is 5.26 Å². The molecule has 0 radical (unpaired) electrons. The summed E-state index contributed by atoms with van der Waals surface area (Å²) in [5.74, 6) is -0.243. The molecule has 25 heavy (non-hydrogen) atoms. The number of rotatable bonds is 1. The maximum absolute atomic E-state index is 12.0. The van der Waals surface area contributed by atoms with Gasteiger partial charge in [0.1, 0.15) is 12.2 Å². The fourth-order valence-corrected chi connectivity index (χ4v) is 3.86. The Morgan fingerprint density at radius 1 is 1.28 bits per heavy atom. The number of hydrogen-bond acceptors (Lipinski definition) is 5. The van der Waals surface area contributed by atoms with Gasteiger partial charge in [0, 0.05) is 5.57 Å². The summed E-state index contributed by atoms with van der Waals surface area (Å²) >= 11 is 0. The van der Waals surface area contributed by atoms with Crippen molar-refractivity contribution in [1.82, 2.24) is 0 Å². The Hall–Kier alpha value is -1.43. The minimum Gasteiger partial charge on any atom is -0.450 e. The van der Waals surface area contributed by atoms with Crippen molar-refractivity contribution in [2.45, 2.75) is 83.2 Å². The molecule has 2 aliphatic heterocycles. The first-order valence-corrected chi connectivity index (χ1v) is 9.07. The fraction of sp³-hybridized carbons (Fsp3) is 0.650. The highest BCUT2D eigenvalue weighted by atomic mass is 17.1. The molecule has 1 saturated heterocycles. The van der Waals surface area contributed by atoms with Crippen LogP contribution in [-0.2, 0) is 19.2 Å². The van der Waals surface area contributed by atoms with Gasteiger partial charge in [0.2, 0.25) is 0 Å². The third kappa shape index (κ3) is 3.89. The van der Waals surface area contributed by atoms with Gasteiger partial charge < -0.3 is 9.47 Å². The van der Waals surface area contributed by atoms with E-state index >= 15 is 0 Å². The average molecular weight is 348 g/mol. The van der Waals surface area contributed by atoms with Crippen molar-refractivity contribution in [3.05, 3.63) is 34.9 Å². The van der Waals surface area contributed by atoms with E-state index in [0.717, 1.165) is 30.4 Å². The summed E-state index contributed by atoms with van der Waals surface area (Å²) in [5, 5.41) is 9.26. The van der Waals surface area contributed by atoms with Crippen molar-refractivity contribution < 1.29 is 24.4 Å². The maximum Gasteiger partial charge on any atom is 0.334 e. The fourth-order valence-electron chi connectivity index (χ4n) is 3.86. The number of carbonyl (C=O) groups excluding carboxylic acids is 1. The van der Waals surface area contributed by atoms with E-state index in [4.69, 9.17) is 9.47 Å². The highest BCUT2D eigenvalue weighted by molar-refractivity contribution is 5.92. The van der Waals surface area contributed by atoms with Crippen LogP contribution in [0.15, 0.2) is 34.9 Å². The molecule has 3 aliphatic rings. The van der Waals surface area contributed by atoms with Crippen molar-refractivity contribution in [3.63, 3.8) is 0 Å². The first-order chi connectivity index (χ1) is 11.8. The zero-order valence-electron chi connectivity index (χ0n) is 15.3. The van der Waals surface area contributed by atoms with Crippen molar-refractivity contribution in [3.8, 4) is 0 Å². The molecule has 0 aromatic heterocycles. The summed E-state index contributed by atoms with van der Waals surface area (Å²) in [6, 6.07) is 0. The molecule has 0 amide bonds. The van der Waals surface area contributed by atoms with Gasteiger partial charge in [0.25, 0.3) is 0 Å². The molecule has 0 unspecified atom stereocenters. The van der Waals surface area contributed by atoms with E-state index in [9.17, 15) is 10.1 Å². The van der Waals surface area contributed by atoms with E-state index < -0.39 is 6.10 Å². The van der Waals surface area contributed by atoms with Gasteiger partial charge in [0.05, 0.1) is 11.7 Å². The summed E-state index contributed by atoms with van der Waals surface area (Å²) in [6.45, 7) is 10.1. The Labute approximate surface area is 149 Å². The molecule has 4 atom stereocenters. The smallest absolute Gasteiger partial charge is 0.334 e. The number of esters is 1. The molecule has 138 valence electrons. The van der Waals surface area contributed by atoms with E-state index in [1.807, 2.05) is 6.92 Å². The number of carbonyl (C=O) groups is 1. The molecule has 0 bridgehead atoms. The Morgan fingerprint density at radius 2 is 2.04 bits per heavy atom. The second kappa shape index (κ2) is 7.06. The lowest BCUT2D eigenvalue weighted by Gasteiger charge is -2.19. The molecule has 1 fully saturated rings. The molecule has 5 heteroatoms. The number of allylic oxidation sites excluding steroid dienone is 1. The standard InChI is InChI=1S/C20H28O5/c1-12-5-8-18-20(4,24-18)10-9-16(25-22)13(2)6-7-15-14(3)19(21)23-17(15)11-12/h11,16-18,22H,2,5-10H2,1,3-4H3/b12-11+/t16-,17+,18-,20-/m0/s1. The second-order valence-corrected chi connectivity index (χ2v) is 7.74. The normalized spacial score (nSPS) is 39.0. The van der Waals surface area contributed by atoms with Crippen LogP contribution in [0.2, 0.25) is 0 Å². The second-order valence-electron chi connectivity index (χ2n) is 7.74. The van der Waals surface area contributed by atoms with Crippen molar-refractivity contribution in [1.29, 1.82) is 0 Å². The molecule has 3 rings (SSSR count). The summed E-state index contributed by atoms with van der Waals surface area (Å²) in [4.78, 5) is 16.6. The molecule has 5 nitrogen and oxygen atoms in total. The van der Waals surface area contributed by atoms with Crippen LogP contribution < -0.4 is 0 Å². The molecule has 0 aromatic rings. The predicted molar refractivity (Wildman–Crippen MR) is 94.0 cm³/mol. The predicted octanol–water partition coefficient (Wildman–Crippen LogP) is 4.10. The summed E-state index contributed by atoms with van der Waals surface area (Å²) in [5.41, 5.74) is 3.61. The van der Waals surface area contributed by atoms with Gasteiger partial charge in [-0.05, 0) is 76.5 Å². The van der Waals surface area contributed by atoms with Crippen LogP contribution in [0.5, 0.6) is 0 Å². The summed E-state index contributed by atoms with van der Waals surface area (Å²) < 4.78 is 11.4. The van der Waals surface area contributed by atoms with Gasteiger partial charge in [-0.15, -0.1) is 0 Å². The molecular weight excluding hydrogens is 320 g/mol. The minimum atomic E-state index is -0.403. The van der Waals surface area contributed by atoms with E-state index in [1.54, 1.807) is 0 Å². The number of fused-ring (bicyclic) bond motifs is 2. The van der Waals surface area contributed by atoms with Gasteiger partial charge >= 0.3 is 5.97 Å². The SMILES string of the molecule is C=C1CCC2=C(C)C(=O)O[C@@H]2/C=C(\C)CC[C@@H]2O[C@@]2(C)CC[C@@H]1OO. The molecule has 1 aliphatic carbocycles. The van der Waals surface area contributed by atoms with Crippen LogP contribution in [0.25, 0.3) is 0 Å². The Kier molecular flexibility index (Phi) is 5.19. The zero-order chi connectivity index (χ0) is 18.2. The lowest BCUT2D eigenvalue weighted by Crippen LogP contribution is -2.20. The van der Waals surface area contributed by atoms with E-state index in [0.29, 0.717) is 24.8 Å². The largest absolute Gasteiger partial charge is 0.450 e. The lowest BCUT2D eigenvalue weighted by atomic mass is 9.90. The van der Waals surface area contributed by atoms with E-state index in [1.165, 1.54) is 5.57 Å². The van der Waals surface area contributed by atoms with Crippen LogP contribution in [0.1, 0.15) is 59.3 Å². The first-order valence-electron chi connectivity index (χ1n) is 9.07. The third-order valence-electron chi connectivity index (χ3n) is 5.84. The average Bonchev–Trinajstić information content (AvgIpc) is 3.14. The van der Waals surface area contributed by atoms with Crippen LogP contribution in [0, 0.1) is 0 Å².